The highest BCUT2D eigenvalue weighted by Crippen LogP contribution is 2.42. The number of esters is 1. The predicted octanol–water partition coefficient (Wildman–Crippen LogP) is 4.33. The Morgan fingerprint density at radius 1 is 1.21 bits per heavy atom. The van der Waals surface area contributed by atoms with Crippen molar-refractivity contribution >= 4 is 17.6 Å². The lowest BCUT2D eigenvalue weighted by Gasteiger charge is -2.31. The first kappa shape index (κ1) is 27.9. The molecule has 0 atom stereocenters. The topological polar surface area (TPSA) is 102 Å². The van der Waals surface area contributed by atoms with Crippen molar-refractivity contribution in [2.45, 2.75) is 77.1 Å². The highest BCUT2D eigenvalue weighted by Gasteiger charge is 2.42. The first-order valence-corrected chi connectivity index (χ1v) is 13.0. The van der Waals surface area contributed by atoms with Gasteiger partial charge in [0.25, 0.3) is 5.91 Å². The Morgan fingerprint density at radius 2 is 1.89 bits per heavy atom. The minimum atomic E-state index is -4.56. The van der Waals surface area contributed by atoms with Crippen LogP contribution in [0.4, 0.5) is 18.9 Å². The molecule has 1 heterocycles. The summed E-state index contributed by atoms with van der Waals surface area (Å²) >= 11 is 0. The minimum absolute atomic E-state index is 0.0108. The lowest BCUT2D eigenvalue weighted by atomic mass is 9.76. The van der Waals surface area contributed by atoms with Gasteiger partial charge in [0.2, 0.25) is 0 Å². The molecule has 0 spiro atoms. The molecule has 0 bridgehead atoms. The smallest absolute Gasteiger partial charge is 0.435 e. The van der Waals surface area contributed by atoms with E-state index in [1.165, 1.54) is 10.7 Å². The van der Waals surface area contributed by atoms with Crippen molar-refractivity contribution in [3.63, 3.8) is 0 Å². The van der Waals surface area contributed by atoms with E-state index < -0.39 is 17.8 Å². The van der Waals surface area contributed by atoms with Crippen LogP contribution >= 0.6 is 0 Å². The number of carbonyl (C=O) groups excluding carboxylic acids is 2. The van der Waals surface area contributed by atoms with Gasteiger partial charge in [-0.2, -0.15) is 18.3 Å². The highest BCUT2D eigenvalue weighted by atomic mass is 19.4. The second kappa shape index (κ2) is 10.6. The number of nitrogens with two attached hydrogens (primary N) is 1. The fourth-order valence-electron chi connectivity index (χ4n) is 5.40. The Balaban J connectivity index is 1.58. The van der Waals surface area contributed by atoms with E-state index in [0.29, 0.717) is 62.0 Å². The van der Waals surface area contributed by atoms with E-state index in [4.69, 9.17) is 10.5 Å². The van der Waals surface area contributed by atoms with Crippen molar-refractivity contribution in [3.8, 4) is 5.69 Å². The largest absolute Gasteiger partial charge is 0.461 e. The summed E-state index contributed by atoms with van der Waals surface area (Å²) in [5.41, 5.74) is 6.55. The molecule has 8 nitrogen and oxygen atoms in total. The third kappa shape index (κ3) is 6.31. The van der Waals surface area contributed by atoms with Gasteiger partial charge >= 0.3 is 12.1 Å². The lowest BCUT2D eigenvalue weighted by molar-refractivity contribution is -0.151. The summed E-state index contributed by atoms with van der Waals surface area (Å²) in [5.74, 6) is -0.899. The predicted molar refractivity (Wildman–Crippen MR) is 137 cm³/mol. The molecule has 4 rings (SSSR count). The second-order valence-electron chi connectivity index (χ2n) is 11.5. The standard InChI is InChI=1S/C27H36F3N5O3/c1-26(2)12-11-20-22(14-26)35(33-24(20)27(28,29)30)17-7-10-19(25(31)37)21(13-17)32-16-5-8-18(9-6-16)38-23(36)15-34(3)4/h7,10,13,16,18,32H,5-6,8-9,11-12,14-15H2,1-4H3,(H2,31,37)/t16-,18-. The quantitative estimate of drug-likeness (QED) is 0.512. The van der Waals surface area contributed by atoms with E-state index in [1.54, 1.807) is 31.1 Å². The molecule has 38 heavy (non-hydrogen) atoms. The number of primary amides is 1. The van der Waals surface area contributed by atoms with E-state index >= 15 is 0 Å². The number of hydrogen-bond donors (Lipinski definition) is 2. The van der Waals surface area contributed by atoms with Gasteiger partial charge in [0.1, 0.15) is 6.10 Å². The van der Waals surface area contributed by atoms with Gasteiger partial charge in [-0.3, -0.25) is 14.5 Å². The van der Waals surface area contributed by atoms with Crippen LogP contribution in [-0.4, -0.2) is 59.3 Å². The first-order valence-electron chi connectivity index (χ1n) is 13.0. The Kier molecular flexibility index (Phi) is 7.79. The van der Waals surface area contributed by atoms with Crippen molar-refractivity contribution < 1.29 is 27.5 Å². The molecule has 0 saturated heterocycles. The van der Waals surface area contributed by atoms with Crippen LogP contribution in [0.3, 0.4) is 0 Å². The molecule has 0 radical (unpaired) electrons. The molecule has 2 aliphatic rings. The SMILES string of the molecule is CN(C)CC(=O)O[C@H]1CC[C@H](Nc2cc(-n3nc(C(F)(F)F)c4c3CC(C)(C)CC4)ccc2C(N)=O)CC1. The van der Waals surface area contributed by atoms with Crippen molar-refractivity contribution in [1.29, 1.82) is 0 Å². The number of carbonyl (C=O) groups is 2. The minimum Gasteiger partial charge on any atom is -0.461 e. The summed E-state index contributed by atoms with van der Waals surface area (Å²) in [6.45, 7) is 4.30. The van der Waals surface area contributed by atoms with Crippen LogP contribution in [0, 0.1) is 5.41 Å². The van der Waals surface area contributed by atoms with Crippen LogP contribution in [0.25, 0.3) is 5.69 Å². The van der Waals surface area contributed by atoms with Crippen molar-refractivity contribution in [2.75, 3.05) is 26.0 Å². The van der Waals surface area contributed by atoms with Crippen LogP contribution in [0.2, 0.25) is 0 Å². The Labute approximate surface area is 220 Å². The Bertz CT molecular complexity index is 1200. The first-order chi connectivity index (χ1) is 17.7. The number of ether oxygens (including phenoxy) is 1. The molecular formula is C27H36F3N5O3. The van der Waals surface area contributed by atoms with E-state index in [2.05, 4.69) is 10.4 Å². The van der Waals surface area contributed by atoms with Gasteiger partial charge in [-0.15, -0.1) is 0 Å². The van der Waals surface area contributed by atoms with E-state index in [1.807, 2.05) is 13.8 Å². The number of amides is 1. The zero-order valence-corrected chi connectivity index (χ0v) is 22.3. The summed E-state index contributed by atoms with van der Waals surface area (Å²) in [6, 6.07) is 4.76. The summed E-state index contributed by atoms with van der Waals surface area (Å²) in [6.07, 6.45) is -0.570. The molecular weight excluding hydrogens is 499 g/mol. The number of alkyl halides is 3. The zero-order valence-electron chi connectivity index (χ0n) is 22.3. The van der Waals surface area contributed by atoms with Crippen LogP contribution in [0.1, 0.15) is 73.3 Å². The number of benzene rings is 1. The average molecular weight is 536 g/mol. The molecule has 2 aromatic rings. The zero-order chi connectivity index (χ0) is 27.8. The maximum absolute atomic E-state index is 13.8. The molecule has 11 heteroatoms. The molecule has 1 aromatic carbocycles. The molecule has 1 fully saturated rings. The molecule has 1 amide bonds. The number of rotatable bonds is 7. The van der Waals surface area contributed by atoms with E-state index in [9.17, 15) is 22.8 Å². The van der Waals surface area contributed by atoms with Gasteiger partial charge in [0.05, 0.1) is 17.8 Å². The van der Waals surface area contributed by atoms with Gasteiger partial charge in [0.15, 0.2) is 5.69 Å². The van der Waals surface area contributed by atoms with Crippen molar-refractivity contribution in [3.05, 3.63) is 40.7 Å². The van der Waals surface area contributed by atoms with Crippen LogP contribution < -0.4 is 11.1 Å². The summed E-state index contributed by atoms with van der Waals surface area (Å²) in [7, 11) is 3.60. The normalized spacial score (nSPS) is 21.2. The Hall–Kier alpha value is -3.08. The lowest BCUT2D eigenvalue weighted by Crippen LogP contribution is -2.34. The second-order valence-corrected chi connectivity index (χ2v) is 11.5. The molecule has 2 aliphatic carbocycles. The summed E-state index contributed by atoms with van der Waals surface area (Å²) in [5, 5.41) is 7.38. The van der Waals surface area contributed by atoms with Gasteiger partial charge < -0.3 is 15.8 Å². The van der Waals surface area contributed by atoms with Crippen LogP contribution in [0.15, 0.2) is 18.2 Å². The maximum Gasteiger partial charge on any atom is 0.435 e. The number of hydrogen-bond acceptors (Lipinski definition) is 6. The molecule has 1 aromatic heterocycles. The Morgan fingerprint density at radius 3 is 2.50 bits per heavy atom. The molecule has 0 aliphatic heterocycles. The number of halogens is 3. The van der Waals surface area contributed by atoms with E-state index in [0.717, 1.165) is 0 Å². The molecule has 208 valence electrons. The van der Waals surface area contributed by atoms with Crippen molar-refractivity contribution in [1.82, 2.24) is 14.7 Å². The number of fused-ring (bicyclic) bond motifs is 1. The highest BCUT2D eigenvalue weighted by molar-refractivity contribution is 5.99. The van der Waals surface area contributed by atoms with Crippen molar-refractivity contribution in [2.24, 2.45) is 11.1 Å². The number of nitrogens with zero attached hydrogens (tertiary/aromatic N) is 3. The average Bonchev–Trinajstić information content (AvgIpc) is 3.17. The number of aromatic nitrogens is 2. The number of likely N-dealkylation sites (N-methyl/N-ethyl adjacent to an activating group) is 1. The monoisotopic (exact) mass is 535 g/mol. The third-order valence-corrected chi connectivity index (χ3v) is 7.35. The fourth-order valence-corrected chi connectivity index (χ4v) is 5.40. The fraction of sp³-hybridized carbons (Fsp3) is 0.593. The molecule has 0 unspecified atom stereocenters. The number of nitrogens with one attached hydrogen (secondary N) is 1. The van der Waals surface area contributed by atoms with Gasteiger partial charge in [0, 0.05) is 23.0 Å². The van der Waals surface area contributed by atoms with Crippen LogP contribution in [-0.2, 0) is 28.5 Å². The van der Waals surface area contributed by atoms with Gasteiger partial charge in [-0.25, -0.2) is 4.68 Å². The number of anilines is 1. The van der Waals surface area contributed by atoms with Gasteiger partial charge in [-0.05, 0) is 82.7 Å². The van der Waals surface area contributed by atoms with E-state index in [-0.39, 0.29) is 41.2 Å². The summed E-state index contributed by atoms with van der Waals surface area (Å²) < 4.78 is 48.5. The van der Waals surface area contributed by atoms with Gasteiger partial charge in [-0.1, -0.05) is 13.8 Å². The maximum atomic E-state index is 13.8. The van der Waals surface area contributed by atoms with Crippen LogP contribution in [0.5, 0.6) is 0 Å². The third-order valence-electron chi connectivity index (χ3n) is 7.35. The summed E-state index contributed by atoms with van der Waals surface area (Å²) in [4.78, 5) is 25.9. The molecule has 3 N–H and O–H groups in total. The molecule has 1 saturated carbocycles.